The second kappa shape index (κ2) is 6.26. The highest BCUT2D eigenvalue weighted by molar-refractivity contribution is 5.79. The highest BCUT2D eigenvalue weighted by atomic mass is 16.4. The largest absolute Gasteiger partial charge is 0.480 e. The number of aliphatic carboxylic acids is 2. The zero-order valence-electron chi connectivity index (χ0n) is 12.3. The van der Waals surface area contributed by atoms with Crippen LogP contribution < -0.4 is 0 Å². The smallest absolute Gasteiger partial charge is 0.325 e. The predicted molar refractivity (Wildman–Crippen MR) is 78.3 cm³/mol. The van der Waals surface area contributed by atoms with E-state index in [1.165, 1.54) is 0 Å². The third-order valence-corrected chi connectivity index (χ3v) is 4.06. The summed E-state index contributed by atoms with van der Waals surface area (Å²) in [6.45, 7) is 4.65. The molecule has 2 N–H and O–H groups in total. The van der Waals surface area contributed by atoms with Gasteiger partial charge in [0.2, 0.25) is 0 Å². The van der Waals surface area contributed by atoms with Crippen molar-refractivity contribution in [3.05, 3.63) is 35.4 Å². The van der Waals surface area contributed by atoms with Gasteiger partial charge in [-0.25, -0.2) is 0 Å². The molecule has 1 aromatic rings. The molecule has 1 saturated heterocycles. The summed E-state index contributed by atoms with van der Waals surface area (Å²) in [5.74, 6) is -1.57. The molecule has 1 fully saturated rings. The lowest BCUT2D eigenvalue weighted by Gasteiger charge is -2.28. The Labute approximate surface area is 124 Å². The van der Waals surface area contributed by atoms with Gasteiger partial charge in [-0.1, -0.05) is 38.1 Å². The topological polar surface area (TPSA) is 77.8 Å². The molecule has 2 unspecified atom stereocenters. The van der Waals surface area contributed by atoms with E-state index in [0.717, 1.165) is 5.56 Å². The van der Waals surface area contributed by atoms with E-state index in [1.807, 2.05) is 12.1 Å². The van der Waals surface area contributed by atoms with Crippen molar-refractivity contribution in [2.24, 2.45) is 0 Å². The fraction of sp³-hybridized carbons (Fsp3) is 0.500. The van der Waals surface area contributed by atoms with Gasteiger partial charge in [0.25, 0.3) is 0 Å². The van der Waals surface area contributed by atoms with Gasteiger partial charge < -0.3 is 10.2 Å². The number of nitrogens with zero attached hydrogens (tertiary/aromatic N) is 1. The van der Waals surface area contributed by atoms with Gasteiger partial charge in [-0.2, -0.15) is 0 Å². The van der Waals surface area contributed by atoms with Crippen molar-refractivity contribution >= 4 is 11.9 Å². The van der Waals surface area contributed by atoms with Crippen LogP contribution in [0.4, 0.5) is 0 Å². The molecule has 0 amide bonds. The second-order valence-corrected chi connectivity index (χ2v) is 5.80. The van der Waals surface area contributed by atoms with Crippen molar-refractivity contribution in [2.75, 3.05) is 6.54 Å². The van der Waals surface area contributed by atoms with Crippen molar-refractivity contribution in [3.8, 4) is 0 Å². The van der Waals surface area contributed by atoms with Gasteiger partial charge in [-0.05, 0) is 29.9 Å². The molecule has 2 rings (SSSR count). The monoisotopic (exact) mass is 291 g/mol. The molecule has 114 valence electrons. The summed E-state index contributed by atoms with van der Waals surface area (Å²) in [6.07, 6.45) is 1.22. The van der Waals surface area contributed by atoms with Crippen molar-refractivity contribution < 1.29 is 19.8 Å². The zero-order valence-corrected chi connectivity index (χ0v) is 12.3. The molecule has 1 heterocycles. The lowest BCUT2D eigenvalue weighted by Crippen LogP contribution is -2.41. The Bertz CT molecular complexity index is 524. The number of carboxylic acids is 2. The van der Waals surface area contributed by atoms with E-state index in [1.54, 1.807) is 17.0 Å². The van der Waals surface area contributed by atoms with Crippen LogP contribution in [-0.4, -0.2) is 39.6 Å². The summed E-state index contributed by atoms with van der Waals surface area (Å²) in [7, 11) is 0. The van der Waals surface area contributed by atoms with Crippen LogP contribution in [0.25, 0.3) is 0 Å². The van der Waals surface area contributed by atoms with E-state index in [-0.39, 0.29) is 0 Å². The predicted octanol–water partition coefficient (Wildman–Crippen LogP) is 2.48. The molecule has 1 aliphatic heterocycles. The molecule has 0 radical (unpaired) electrons. The molecule has 5 nitrogen and oxygen atoms in total. The Balaban J connectivity index is 2.30. The lowest BCUT2D eigenvalue weighted by molar-refractivity contribution is -0.149. The molecule has 0 saturated carbocycles. The number of hydrogen-bond donors (Lipinski definition) is 2. The van der Waals surface area contributed by atoms with Crippen molar-refractivity contribution in [3.63, 3.8) is 0 Å². The first-order valence-electron chi connectivity index (χ1n) is 7.23. The van der Waals surface area contributed by atoms with E-state index in [2.05, 4.69) is 13.8 Å². The van der Waals surface area contributed by atoms with Gasteiger partial charge >= 0.3 is 11.9 Å². The third kappa shape index (κ3) is 3.24. The Morgan fingerprint density at radius 2 is 1.71 bits per heavy atom. The molecular formula is C16H21NO4. The van der Waals surface area contributed by atoms with Gasteiger partial charge in [-0.3, -0.25) is 14.5 Å². The molecule has 0 spiro atoms. The Morgan fingerprint density at radius 3 is 2.19 bits per heavy atom. The fourth-order valence-corrected chi connectivity index (χ4v) is 2.90. The van der Waals surface area contributed by atoms with E-state index in [0.29, 0.717) is 30.9 Å². The fourth-order valence-electron chi connectivity index (χ4n) is 2.90. The summed E-state index contributed by atoms with van der Waals surface area (Å²) >= 11 is 0. The average molecular weight is 291 g/mol. The first kappa shape index (κ1) is 15.5. The second-order valence-electron chi connectivity index (χ2n) is 5.80. The first-order valence-corrected chi connectivity index (χ1v) is 7.23. The molecule has 0 bridgehead atoms. The standard InChI is InChI=1S/C16H21NO4/c1-10(2)11-5-7-12(8-6-11)14(16(20)21)17-9-3-4-13(17)15(18)19/h5-8,10,13-14H,3-4,9H2,1-2H3,(H,18,19)(H,20,21). The molecule has 0 aromatic heterocycles. The van der Waals surface area contributed by atoms with E-state index < -0.39 is 24.0 Å². The summed E-state index contributed by atoms with van der Waals surface area (Å²) in [4.78, 5) is 24.5. The van der Waals surface area contributed by atoms with Crippen molar-refractivity contribution in [1.82, 2.24) is 4.90 Å². The number of hydrogen-bond acceptors (Lipinski definition) is 3. The zero-order chi connectivity index (χ0) is 15.6. The highest BCUT2D eigenvalue weighted by Crippen LogP contribution is 2.30. The number of carboxylic acid groups (broad SMARTS) is 2. The molecule has 0 aliphatic carbocycles. The minimum Gasteiger partial charge on any atom is -0.480 e. The summed E-state index contributed by atoms with van der Waals surface area (Å²) in [5, 5.41) is 18.8. The van der Waals surface area contributed by atoms with Crippen LogP contribution in [0.3, 0.4) is 0 Å². The Kier molecular flexibility index (Phi) is 4.63. The number of benzene rings is 1. The quantitative estimate of drug-likeness (QED) is 0.871. The van der Waals surface area contributed by atoms with E-state index in [4.69, 9.17) is 0 Å². The summed E-state index contributed by atoms with van der Waals surface area (Å²) in [5.41, 5.74) is 1.78. The molecule has 1 aromatic carbocycles. The molecule has 21 heavy (non-hydrogen) atoms. The van der Waals surface area contributed by atoms with E-state index >= 15 is 0 Å². The number of carbonyl (C=O) groups is 2. The van der Waals surface area contributed by atoms with Gasteiger partial charge in [0.15, 0.2) is 0 Å². The minimum atomic E-state index is -1.000. The summed E-state index contributed by atoms with van der Waals surface area (Å²) < 4.78 is 0. The third-order valence-electron chi connectivity index (χ3n) is 4.06. The van der Waals surface area contributed by atoms with Crippen LogP contribution in [0.2, 0.25) is 0 Å². The van der Waals surface area contributed by atoms with Gasteiger partial charge in [-0.15, -0.1) is 0 Å². The van der Waals surface area contributed by atoms with Crippen LogP contribution in [0, 0.1) is 0 Å². The Hall–Kier alpha value is -1.88. The Morgan fingerprint density at radius 1 is 1.14 bits per heavy atom. The molecular weight excluding hydrogens is 270 g/mol. The molecule has 2 atom stereocenters. The van der Waals surface area contributed by atoms with Gasteiger partial charge in [0.1, 0.15) is 12.1 Å². The normalized spacial score (nSPS) is 20.6. The highest BCUT2D eigenvalue weighted by Gasteiger charge is 2.39. The minimum absolute atomic E-state index is 0.376. The molecule has 1 aliphatic rings. The first-order chi connectivity index (χ1) is 9.91. The SMILES string of the molecule is CC(C)c1ccc(C(C(=O)O)N2CCCC2C(=O)O)cc1. The van der Waals surface area contributed by atoms with Gasteiger partial charge in [0, 0.05) is 6.54 Å². The average Bonchev–Trinajstić information content (AvgIpc) is 2.88. The van der Waals surface area contributed by atoms with Crippen LogP contribution >= 0.6 is 0 Å². The van der Waals surface area contributed by atoms with Crippen LogP contribution in [0.15, 0.2) is 24.3 Å². The maximum absolute atomic E-state index is 11.6. The van der Waals surface area contributed by atoms with Crippen molar-refractivity contribution in [1.29, 1.82) is 0 Å². The van der Waals surface area contributed by atoms with Crippen LogP contribution in [0.1, 0.15) is 49.8 Å². The number of rotatable bonds is 5. The van der Waals surface area contributed by atoms with Gasteiger partial charge in [0.05, 0.1) is 0 Å². The van der Waals surface area contributed by atoms with Crippen LogP contribution in [0.5, 0.6) is 0 Å². The molecule has 5 heteroatoms. The summed E-state index contributed by atoms with van der Waals surface area (Å²) in [6, 6.07) is 5.82. The van der Waals surface area contributed by atoms with Crippen molar-refractivity contribution in [2.45, 2.75) is 44.7 Å². The number of likely N-dealkylation sites (tertiary alicyclic amines) is 1. The maximum Gasteiger partial charge on any atom is 0.325 e. The maximum atomic E-state index is 11.6. The van der Waals surface area contributed by atoms with Crippen LogP contribution in [-0.2, 0) is 9.59 Å². The lowest BCUT2D eigenvalue weighted by atomic mass is 9.98. The van der Waals surface area contributed by atoms with E-state index in [9.17, 15) is 19.8 Å².